The van der Waals surface area contributed by atoms with Crippen LogP contribution in [-0.2, 0) is 9.84 Å². The van der Waals surface area contributed by atoms with Gasteiger partial charge in [-0.15, -0.1) is 0 Å². The molecule has 0 amide bonds. The van der Waals surface area contributed by atoms with E-state index in [2.05, 4.69) is 10.3 Å². The van der Waals surface area contributed by atoms with Crippen LogP contribution in [-0.4, -0.2) is 18.3 Å². The summed E-state index contributed by atoms with van der Waals surface area (Å²) in [5.74, 6) is 0. The average Bonchev–Trinajstić information content (AvgIpc) is 2.63. The summed E-state index contributed by atoms with van der Waals surface area (Å²) in [4.78, 5) is 14.1. The van der Waals surface area contributed by atoms with E-state index in [1.165, 1.54) is 36.4 Å². The number of hydrogen-bond acceptors (Lipinski definition) is 6. The third-order valence-electron chi connectivity index (χ3n) is 3.49. The maximum Gasteiger partial charge on any atom is 0.269 e. The van der Waals surface area contributed by atoms with Crippen LogP contribution in [0.25, 0.3) is 0 Å². The molecule has 0 atom stereocenters. The first-order valence-electron chi connectivity index (χ1n) is 7.23. The Labute approximate surface area is 144 Å². The molecule has 0 unspecified atom stereocenters. The lowest BCUT2D eigenvalue weighted by Crippen LogP contribution is -2.02. The van der Waals surface area contributed by atoms with E-state index in [1.807, 2.05) is 0 Å². The van der Waals surface area contributed by atoms with Gasteiger partial charge in [-0.05, 0) is 48.5 Å². The van der Waals surface area contributed by atoms with E-state index >= 15 is 0 Å². The van der Waals surface area contributed by atoms with Crippen molar-refractivity contribution in [1.29, 1.82) is 0 Å². The molecule has 7 nitrogen and oxygen atoms in total. The number of nitrogens with zero attached hydrogens (tertiary/aromatic N) is 2. The zero-order valence-electron chi connectivity index (χ0n) is 12.9. The number of aromatic nitrogens is 1. The van der Waals surface area contributed by atoms with Gasteiger partial charge in [-0.1, -0.05) is 0 Å². The SMILES string of the molecule is O=[N+]([O-])c1ccc(S(=O)(=O)c2ccc(Nc3ccncc3)cc2)cc1. The molecule has 2 aromatic carbocycles. The first-order chi connectivity index (χ1) is 12.0. The lowest BCUT2D eigenvalue weighted by Gasteiger charge is -2.08. The summed E-state index contributed by atoms with van der Waals surface area (Å²) in [5, 5.41) is 13.8. The Morgan fingerprint density at radius 1 is 0.800 bits per heavy atom. The van der Waals surface area contributed by atoms with Gasteiger partial charge in [0, 0.05) is 35.9 Å². The smallest absolute Gasteiger partial charge is 0.269 e. The van der Waals surface area contributed by atoms with Crippen LogP contribution in [0.1, 0.15) is 0 Å². The number of pyridine rings is 1. The van der Waals surface area contributed by atoms with Crippen LogP contribution in [0.5, 0.6) is 0 Å². The van der Waals surface area contributed by atoms with Gasteiger partial charge in [-0.3, -0.25) is 15.1 Å². The van der Waals surface area contributed by atoms with E-state index < -0.39 is 14.8 Å². The topological polar surface area (TPSA) is 102 Å². The fraction of sp³-hybridized carbons (Fsp3) is 0. The second kappa shape index (κ2) is 6.70. The molecule has 0 saturated heterocycles. The largest absolute Gasteiger partial charge is 0.355 e. The van der Waals surface area contributed by atoms with E-state index in [4.69, 9.17) is 0 Å². The molecule has 8 heteroatoms. The van der Waals surface area contributed by atoms with Crippen molar-refractivity contribution in [2.45, 2.75) is 9.79 Å². The van der Waals surface area contributed by atoms with Crippen molar-refractivity contribution in [2.75, 3.05) is 5.32 Å². The predicted octanol–water partition coefficient (Wildman–Crippen LogP) is 3.57. The maximum absolute atomic E-state index is 12.6. The minimum Gasteiger partial charge on any atom is -0.355 e. The molecule has 0 radical (unpaired) electrons. The molecule has 25 heavy (non-hydrogen) atoms. The summed E-state index contributed by atoms with van der Waals surface area (Å²) in [5.41, 5.74) is 1.41. The van der Waals surface area contributed by atoms with Crippen molar-refractivity contribution >= 4 is 26.9 Å². The predicted molar refractivity (Wildman–Crippen MR) is 92.5 cm³/mol. The van der Waals surface area contributed by atoms with Gasteiger partial charge in [0.25, 0.3) is 5.69 Å². The second-order valence-electron chi connectivity index (χ2n) is 5.14. The molecule has 1 heterocycles. The molecular formula is C17H13N3O4S. The number of nitro benzene ring substituents is 1. The van der Waals surface area contributed by atoms with E-state index in [-0.39, 0.29) is 15.5 Å². The number of nitrogens with one attached hydrogen (secondary N) is 1. The van der Waals surface area contributed by atoms with Gasteiger partial charge in [0.05, 0.1) is 14.7 Å². The van der Waals surface area contributed by atoms with Crippen LogP contribution >= 0.6 is 0 Å². The van der Waals surface area contributed by atoms with Gasteiger partial charge in [0.2, 0.25) is 9.84 Å². The highest BCUT2D eigenvalue weighted by atomic mass is 32.2. The van der Waals surface area contributed by atoms with Crippen molar-refractivity contribution in [2.24, 2.45) is 0 Å². The highest BCUT2D eigenvalue weighted by Gasteiger charge is 2.18. The fourth-order valence-corrected chi connectivity index (χ4v) is 3.46. The van der Waals surface area contributed by atoms with Gasteiger partial charge >= 0.3 is 0 Å². The Morgan fingerprint density at radius 3 is 1.80 bits per heavy atom. The zero-order valence-corrected chi connectivity index (χ0v) is 13.7. The zero-order chi connectivity index (χ0) is 17.9. The molecule has 3 aromatic rings. The average molecular weight is 355 g/mol. The van der Waals surface area contributed by atoms with Gasteiger partial charge < -0.3 is 5.32 Å². The molecule has 0 saturated carbocycles. The third-order valence-corrected chi connectivity index (χ3v) is 5.28. The standard InChI is InChI=1S/C17H13N3O4S/c21-20(22)15-3-7-17(8-4-15)25(23,24)16-5-1-13(2-6-16)19-14-9-11-18-12-10-14/h1-12H,(H,18,19). The fourth-order valence-electron chi connectivity index (χ4n) is 2.20. The summed E-state index contributed by atoms with van der Waals surface area (Å²) in [6.07, 6.45) is 3.30. The Hall–Kier alpha value is -3.26. The first kappa shape index (κ1) is 16.6. The third kappa shape index (κ3) is 3.64. The van der Waals surface area contributed by atoms with Crippen LogP contribution in [0.15, 0.2) is 82.8 Å². The number of sulfone groups is 1. The Balaban J connectivity index is 1.84. The van der Waals surface area contributed by atoms with Crippen LogP contribution in [0.3, 0.4) is 0 Å². The van der Waals surface area contributed by atoms with Crippen molar-refractivity contribution in [3.63, 3.8) is 0 Å². The van der Waals surface area contributed by atoms with E-state index in [9.17, 15) is 18.5 Å². The summed E-state index contributed by atoms with van der Waals surface area (Å²) in [7, 11) is -3.73. The van der Waals surface area contributed by atoms with E-state index in [1.54, 1.807) is 36.7 Å². The number of non-ortho nitro benzene ring substituents is 1. The minimum atomic E-state index is -3.73. The van der Waals surface area contributed by atoms with Gasteiger partial charge in [0.1, 0.15) is 0 Å². The van der Waals surface area contributed by atoms with Crippen molar-refractivity contribution in [3.8, 4) is 0 Å². The monoisotopic (exact) mass is 355 g/mol. The molecule has 0 aliphatic carbocycles. The molecule has 0 aliphatic heterocycles. The normalized spacial score (nSPS) is 11.0. The van der Waals surface area contributed by atoms with Crippen molar-refractivity contribution < 1.29 is 13.3 Å². The van der Waals surface area contributed by atoms with Gasteiger partial charge in [-0.25, -0.2) is 8.42 Å². The number of nitro groups is 1. The lowest BCUT2D eigenvalue weighted by molar-refractivity contribution is -0.384. The summed E-state index contributed by atoms with van der Waals surface area (Å²) >= 11 is 0. The number of anilines is 2. The Morgan fingerprint density at radius 2 is 1.28 bits per heavy atom. The molecule has 1 N–H and O–H groups in total. The molecule has 126 valence electrons. The summed E-state index contributed by atoms with van der Waals surface area (Å²) in [6, 6.07) is 14.7. The van der Waals surface area contributed by atoms with Crippen molar-refractivity contribution in [1.82, 2.24) is 4.98 Å². The van der Waals surface area contributed by atoms with Gasteiger partial charge in [-0.2, -0.15) is 0 Å². The van der Waals surface area contributed by atoms with Crippen molar-refractivity contribution in [3.05, 3.63) is 83.2 Å². The van der Waals surface area contributed by atoms with Gasteiger partial charge in [0.15, 0.2) is 0 Å². The van der Waals surface area contributed by atoms with Crippen LogP contribution < -0.4 is 5.32 Å². The molecule has 1 aromatic heterocycles. The quantitative estimate of drug-likeness (QED) is 0.554. The number of hydrogen-bond donors (Lipinski definition) is 1. The number of benzene rings is 2. The van der Waals surface area contributed by atoms with Crippen LogP contribution in [0.4, 0.5) is 17.1 Å². The van der Waals surface area contributed by atoms with E-state index in [0.29, 0.717) is 0 Å². The Bertz CT molecular complexity index is 986. The Kier molecular flexibility index (Phi) is 4.44. The molecule has 0 bridgehead atoms. The molecule has 0 fully saturated rings. The lowest BCUT2D eigenvalue weighted by atomic mass is 10.3. The minimum absolute atomic E-state index is 0.00735. The van der Waals surface area contributed by atoms with E-state index in [0.717, 1.165) is 11.4 Å². The first-order valence-corrected chi connectivity index (χ1v) is 8.72. The summed E-state index contributed by atoms with van der Waals surface area (Å²) < 4.78 is 25.2. The molecule has 0 aliphatic rings. The maximum atomic E-state index is 12.6. The number of rotatable bonds is 5. The summed E-state index contributed by atoms with van der Waals surface area (Å²) in [6.45, 7) is 0. The molecular weight excluding hydrogens is 342 g/mol. The second-order valence-corrected chi connectivity index (χ2v) is 7.09. The highest BCUT2D eigenvalue weighted by molar-refractivity contribution is 7.91. The van der Waals surface area contributed by atoms with Crippen LogP contribution in [0.2, 0.25) is 0 Å². The highest BCUT2D eigenvalue weighted by Crippen LogP contribution is 2.25. The van der Waals surface area contributed by atoms with Crippen LogP contribution in [0, 0.1) is 10.1 Å². The molecule has 0 spiro atoms. The molecule has 3 rings (SSSR count).